The third-order valence-corrected chi connectivity index (χ3v) is 7.38. The first-order valence-corrected chi connectivity index (χ1v) is 10.5. The van der Waals surface area contributed by atoms with E-state index < -0.39 is 0 Å². The Kier molecular flexibility index (Phi) is 7.98. The highest BCUT2D eigenvalue weighted by atomic mass is 127. The van der Waals surface area contributed by atoms with Gasteiger partial charge in [0.15, 0.2) is 0 Å². The van der Waals surface area contributed by atoms with E-state index in [4.69, 9.17) is 4.74 Å². The van der Waals surface area contributed by atoms with Crippen molar-refractivity contribution in [3.8, 4) is 0 Å². The summed E-state index contributed by atoms with van der Waals surface area (Å²) in [7, 11) is 0. The highest BCUT2D eigenvalue weighted by molar-refractivity contribution is 14.1. The normalized spacial score (nSPS) is 16.0. The maximum absolute atomic E-state index is 12.2. The summed E-state index contributed by atoms with van der Waals surface area (Å²) >= 11 is 6.70. The van der Waals surface area contributed by atoms with Gasteiger partial charge in [0.05, 0.1) is 11.6 Å². The van der Waals surface area contributed by atoms with Gasteiger partial charge in [-0.15, -0.1) is 0 Å². The van der Waals surface area contributed by atoms with E-state index in [1.54, 1.807) is 0 Å². The van der Waals surface area contributed by atoms with E-state index in [0.717, 1.165) is 23.3 Å². The summed E-state index contributed by atoms with van der Waals surface area (Å²) in [6.07, 6.45) is 6.69. The van der Waals surface area contributed by atoms with Crippen LogP contribution >= 0.6 is 67.8 Å². The Morgan fingerprint density at radius 3 is 2.62 bits per heavy atom. The fourth-order valence-electron chi connectivity index (χ4n) is 2.61. The summed E-state index contributed by atoms with van der Waals surface area (Å²) < 4.78 is 8.58. The maximum atomic E-state index is 12.2. The first-order valence-electron chi connectivity index (χ1n) is 7.23. The molecule has 1 aliphatic carbocycles. The number of hydrogen-bond donors (Lipinski definition) is 1. The molecular formula is C15H19I3NO2+. The molecule has 1 aromatic carbocycles. The third kappa shape index (κ3) is 5.76. The lowest BCUT2D eigenvalue weighted by Gasteiger charge is -2.19. The Hall–Kier alpha value is 0.840. The number of ether oxygens (including phenoxy) is 1. The van der Waals surface area contributed by atoms with Crippen LogP contribution < -0.4 is 5.32 Å². The second-order valence-corrected chi connectivity index (χ2v) is 8.79. The van der Waals surface area contributed by atoms with Crippen molar-refractivity contribution in [2.75, 3.05) is 13.2 Å². The molecule has 0 atom stereocenters. The molecule has 6 heteroatoms. The van der Waals surface area contributed by atoms with Crippen LogP contribution in [0.3, 0.4) is 0 Å². The van der Waals surface area contributed by atoms with Crippen molar-refractivity contribution in [2.24, 2.45) is 0 Å². The molecule has 0 aromatic heterocycles. The van der Waals surface area contributed by atoms with Crippen molar-refractivity contribution in [3.05, 3.63) is 28.4 Å². The molecule has 2 N–H and O–H groups in total. The molecule has 0 radical (unpaired) electrons. The van der Waals surface area contributed by atoms with Crippen molar-refractivity contribution in [2.45, 2.75) is 38.1 Å². The Labute approximate surface area is 166 Å². The number of nitrogens with two attached hydrogens (primary N) is 1. The van der Waals surface area contributed by atoms with Gasteiger partial charge in [-0.3, -0.25) is 0 Å². The second kappa shape index (κ2) is 9.21. The van der Waals surface area contributed by atoms with Crippen LogP contribution in [0.4, 0.5) is 0 Å². The van der Waals surface area contributed by atoms with E-state index in [2.05, 4.69) is 79.2 Å². The van der Waals surface area contributed by atoms with Crippen LogP contribution in [0.25, 0.3) is 0 Å². The lowest BCUT2D eigenvalue weighted by Crippen LogP contribution is -2.91. The van der Waals surface area contributed by atoms with Gasteiger partial charge in [-0.05, 0) is 106 Å². The summed E-state index contributed by atoms with van der Waals surface area (Å²) in [5.41, 5.74) is 0.685. The quantitative estimate of drug-likeness (QED) is 0.236. The van der Waals surface area contributed by atoms with Gasteiger partial charge in [0.1, 0.15) is 13.2 Å². The van der Waals surface area contributed by atoms with E-state index in [9.17, 15) is 4.79 Å². The van der Waals surface area contributed by atoms with Crippen molar-refractivity contribution in [1.82, 2.24) is 0 Å². The molecule has 21 heavy (non-hydrogen) atoms. The van der Waals surface area contributed by atoms with E-state index >= 15 is 0 Å². The minimum atomic E-state index is -0.201. The van der Waals surface area contributed by atoms with E-state index in [1.165, 1.54) is 32.1 Å². The first-order chi connectivity index (χ1) is 10.1. The first kappa shape index (κ1) is 18.2. The predicted molar refractivity (Wildman–Crippen MR) is 109 cm³/mol. The molecule has 1 aliphatic rings. The Morgan fingerprint density at radius 1 is 1.19 bits per heavy atom. The van der Waals surface area contributed by atoms with Crippen LogP contribution in [0, 0.1) is 10.7 Å². The standard InChI is InChI=1S/C15H18I3NO2/c16-10-8-12(14(18)13(17)9-10)15(20)21-7-6-19-11-4-2-1-3-5-11/h8-9,11,19H,1-7H2/p+1. The monoisotopic (exact) mass is 626 g/mol. The second-order valence-electron chi connectivity index (χ2n) is 5.31. The van der Waals surface area contributed by atoms with Gasteiger partial charge in [0.25, 0.3) is 0 Å². The molecule has 1 fully saturated rings. The number of halogens is 3. The van der Waals surface area contributed by atoms with Gasteiger partial charge < -0.3 is 10.1 Å². The molecule has 3 nitrogen and oxygen atoms in total. The molecule has 1 aromatic rings. The average molecular weight is 626 g/mol. The van der Waals surface area contributed by atoms with Crippen LogP contribution in [0.5, 0.6) is 0 Å². The molecule has 0 heterocycles. The van der Waals surface area contributed by atoms with E-state index in [-0.39, 0.29) is 5.97 Å². The molecule has 116 valence electrons. The van der Waals surface area contributed by atoms with Crippen LogP contribution in [-0.4, -0.2) is 25.2 Å². The number of carbonyl (C=O) groups excluding carboxylic acids is 1. The molecule has 0 unspecified atom stereocenters. The smallest absolute Gasteiger partial charge is 0.339 e. The SMILES string of the molecule is O=C(OCC[NH2+]C1CCCCC1)c1cc(I)cc(I)c1I. The molecule has 0 bridgehead atoms. The number of esters is 1. The molecule has 0 saturated heterocycles. The fraction of sp³-hybridized carbons (Fsp3) is 0.533. The zero-order valence-corrected chi connectivity index (χ0v) is 18.2. The lowest BCUT2D eigenvalue weighted by atomic mass is 9.96. The highest BCUT2D eigenvalue weighted by Gasteiger charge is 2.17. The van der Waals surface area contributed by atoms with E-state index in [0.29, 0.717) is 12.2 Å². The zero-order chi connectivity index (χ0) is 15.2. The average Bonchev–Trinajstić information content (AvgIpc) is 2.48. The topological polar surface area (TPSA) is 42.9 Å². The van der Waals surface area contributed by atoms with Crippen LogP contribution in [0.2, 0.25) is 0 Å². The van der Waals surface area contributed by atoms with Gasteiger partial charge in [-0.1, -0.05) is 6.42 Å². The number of rotatable bonds is 5. The van der Waals surface area contributed by atoms with Crippen LogP contribution in [-0.2, 0) is 4.74 Å². The van der Waals surface area contributed by atoms with Gasteiger partial charge in [0.2, 0.25) is 0 Å². The van der Waals surface area contributed by atoms with Gasteiger partial charge in [-0.25, -0.2) is 4.79 Å². The third-order valence-electron chi connectivity index (χ3n) is 3.71. The molecule has 2 rings (SSSR count). The number of benzene rings is 1. The number of quaternary nitrogens is 1. The lowest BCUT2D eigenvalue weighted by molar-refractivity contribution is -0.692. The summed E-state index contributed by atoms with van der Waals surface area (Å²) in [6, 6.07) is 4.70. The largest absolute Gasteiger partial charge is 0.456 e. The number of carbonyl (C=O) groups is 1. The minimum absolute atomic E-state index is 0.201. The zero-order valence-electron chi connectivity index (χ0n) is 11.7. The van der Waals surface area contributed by atoms with Gasteiger partial charge in [-0.2, -0.15) is 0 Å². The van der Waals surface area contributed by atoms with Gasteiger partial charge in [0, 0.05) is 10.7 Å². The highest BCUT2D eigenvalue weighted by Crippen LogP contribution is 2.23. The van der Waals surface area contributed by atoms with Gasteiger partial charge >= 0.3 is 5.97 Å². The Balaban J connectivity index is 1.79. The summed E-state index contributed by atoms with van der Waals surface area (Å²) in [6.45, 7) is 1.36. The molecule has 0 amide bonds. The molecule has 0 spiro atoms. The van der Waals surface area contributed by atoms with Crippen LogP contribution in [0.1, 0.15) is 42.5 Å². The van der Waals surface area contributed by atoms with Crippen molar-refractivity contribution in [3.63, 3.8) is 0 Å². The van der Waals surface area contributed by atoms with Crippen molar-refractivity contribution >= 4 is 73.7 Å². The maximum Gasteiger partial charge on any atom is 0.339 e. The Morgan fingerprint density at radius 2 is 1.90 bits per heavy atom. The van der Waals surface area contributed by atoms with Crippen LogP contribution in [0.15, 0.2) is 12.1 Å². The summed E-state index contributed by atoms with van der Waals surface area (Å²) in [5, 5.41) is 2.34. The summed E-state index contributed by atoms with van der Waals surface area (Å²) in [4.78, 5) is 12.2. The predicted octanol–water partition coefficient (Wildman–Crippen LogP) is 3.55. The Bertz CT molecular complexity index is 502. The molecular weight excluding hydrogens is 607 g/mol. The molecule has 0 aliphatic heterocycles. The van der Waals surface area contributed by atoms with Crippen molar-refractivity contribution < 1.29 is 14.8 Å². The minimum Gasteiger partial charge on any atom is -0.456 e. The molecule has 1 saturated carbocycles. The fourth-order valence-corrected chi connectivity index (χ4v) is 4.98. The number of hydrogen-bond acceptors (Lipinski definition) is 2. The summed E-state index contributed by atoms with van der Waals surface area (Å²) in [5.74, 6) is -0.201. The van der Waals surface area contributed by atoms with E-state index in [1.807, 2.05) is 6.07 Å². The van der Waals surface area contributed by atoms with Crippen molar-refractivity contribution in [1.29, 1.82) is 0 Å².